The Morgan fingerprint density at radius 2 is 1.63 bits per heavy atom. The van der Waals surface area contributed by atoms with Gasteiger partial charge in [-0.05, 0) is 54.8 Å². The summed E-state index contributed by atoms with van der Waals surface area (Å²) in [5.74, 6) is 1.26. The molecule has 0 spiro atoms. The Balaban J connectivity index is 1.31. The number of aliphatic hydroxyl groups is 2. The van der Waals surface area contributed by atoms with Crippen molar-refractivity contribution < 1.29 is 28.1 Å². The molecule has 1 fully saturated rings. The summed E-state index contributed by atoms with van der Waals surface area (Å²) in [6.45, 7) is 0.568. The van der Waals surface area contributed by atoms with Gasteiger partial charge in [-0.3, -0.25) is 0 Å². The van der Waals surface area contributed by atoms with Crippen molar-refractivity contribution in [3.05, 3.63) is 102 Å². The lowest BCUT2D eigenvalue weighted by Gasteiger charge is -2.30. The lowest BCUT2D eigenvalue weighted by molar-refractivity contribution is -0.137. The minimum Gasteiger partial charge on any atom is -0.487 e. The number of rotatable bonds is 8. The maximum absolute atomic E-state index is 13.1. The van der Waals surface area contributed by atoms with Gasteiger partial charge in [-0.15, -0.1) is 0 Å². The quantitative estimate of drug-likeness (QED) is 0.208. The fourth-order valence-electron chi connectivity index (χ4n) is 5.81. The number of hydrogen-bond acceptors (Lipinski definition) is 5. The number of pyridine rings is 1. The van der Waals surface area contributed by atoms with Gasteiger partial charge < -0.3 is 19.5 Å². The van der Waals surface area contributed by atoms with Gasteiger partial charge in [-0.25, -0.2) is 9.97 Å². The number of imidazole rings is 1. The topological polar surface area (TPSA) is 80.4 Å². The van der Waals surface area contributed by atoms with Gasteiger partial charge in [0.2, 0.25) is 0 Å². The van der Waals surface area contributed by atoms with Gasteiger partial charge in [0, 0.05) is 29.8 Å². The molecule has 2 aromatic heterocycles. The van der Waals surface area contributed by atoms with Crippen LogP contribution in [-0.2, 0) is 25.7 Å². The van der Waals surface area contributed by atoms with E-state index in [9.17, 15) is 23.4 Å². The van der Waals surface area contributed by atoms with Crippen molar-refractivity contribution in [2.45, 2.75) is 57.7 Å². The van der Waals surface area contributed by atoms with Crippen LogP contribution in [0.1, 0.15) is 48.3 Å². The van der Waals surface area contributed by atoms with Crippen molar-refractivity contribution in [3.63, 3.8) is 0 Å². The van der Waals surface area contributed by atoms with Crippen LogP contribution in [0.15, 0.2) is 78.9 Å². The van der Waals surface area contributed by atoms with E-state index in [4.69, 9.17) is 9.72 Å². The maximum Gasteiger partial charge on any atom is 0.416 e. The third kappa shape index (κ3) is 5.64. The molecule has 0 amide bonds. The predicted octanol–water partition coefficient (Wildman–Crippen LogP) is 6.64. The molecule has 3 aromatic carbocycles. The van der Waals surface area contributed by atoms with Gasteiger partial charge in [-0.1, -0.05) is 49.2 Å². The highest BCUT2D eigenvalue weighted by Crippen LogP contribution is 2.43. The van der Waals surface area contributed by atoms with Crippen LogP contribution in [0, 0.1) is 5.41 Å². The molecule has 0 radical (unpaired) electrons. The van der Waals surface area contributed by atoms with E-state index in [1.54, 1.807) is 0 Å². The van der Waals surface area contributed by atoms with Crippen LogP contribution in [0.25, 0.3) is 21.9 Å². The van der Waals surface area contributed by atoms with E-state index >= 15 is 0 Å². The maximum atomic E-state index is 13.1. The summed E-state index contributed by atoms with van der Waals surface area (Å²) < 4.78 is 47.4. The fraction of sp³-hybridized carbons (Fsp3) is 0.312. The van der Waals surface area contributed by atoms with Crippen LogP contribution >= 0.6 is 0 Å². The van der Waals surface area contributed by atoms with Gasteiger partial charge in [0.05, 0.1) is 27.8 Å². The molecule has 0 saturated heterocycles. The Hall–Kier alpha value is -3.95. The van der Waals surface area contributed by atoms with E-state index in [-0.39, 0.29) is 6.61 Å². The monoisotopic (exact) mass is 561 g/mol. The largest absolute Gasteiger partial charge is 0.487 e. The van der Waals surface area contributed by atoms with Gasteiger partial charge in [0.25, 0.3) is 0 Å². The van der Waals surface area contributed by atoms with Crippen LogP contribution in [0.2, 0.25) is 0 Å². The van der Waals surface area contributed by atoms with E-state index in [1.807, 2.05) is 59.2 Å². The number of alkyl halides is 3. The molecule has 0 unspecified atom stereocenters. The van der Waals surface area contributed by atoms with Gasteiger partial charge in [0.1, 0.15) is 18.2 Å². The van der Waals surface area contributed by atoms with E-state index in [1.165, 1.54) is 12.1 Å². The summed E-state index contributed by atoms with van der Waals surface area (Å²) >= 11 is 0. The SMILES string of the molecule is OC(O)C1(Cc2nc3cc(OCc4ccc5ccccc5n4)ccc3n2Cc2ccc(C(F)(F)F)cc2)CCCC1. The molecule has 6 rings (SSSR count). The minimum absolute atomic E-state index is 0.273. The Bertz CT molecular complexity index is 1670. The Morgan fingerprint density at radius 1 is 0.878 bits per heavy atom. The van der Waals surface area contributed by atoms with Crippen LogP contribution in [-0.4, -0.2) is 31.0 Å². The van der Waals surface area contributed by atoms with Crippen LogP contribution < -0.4 is 4.74 Å². The molecule has 9 heteroatoms. The first-order valence-corrected chi connectivity index (χ1v) is 13.7. The number of fused-ring (bicyclic) bond motifs is 2. The average molecular weight is 562 g/mol. The molecule has 6 nitrogen and oxygen atoms in total. The molecule has 1 saturated carbocycles. The summed E-state index contributed by atoms with van der Waals surface area (Å²) in [4.78, 5) is 9.54. The molecule has 212 valence electrons. The van der Waals surface area contributed by atoms with Crippen molar-refractivity contribution >= 4 is 21.9 Å². The Kier molecular flexibility index (Phi) is 7.17. The molecule has 41 heavy (non-hydrogen) atoms. The van der Waals surface area contributed by atoms with E-state index < -0.39 is 23.4 Å². The molecular formula is C32H30F3N3O3. The number of hydrogen-bond donors (Lipinski definition) is 2. The highest BCUT2D eigenvalue weighted by molar-refractivity contribution is 5.79. The average Bonchev–Trinajstić information content (AvgIpc) is 3.57. The minimum atomic E-state index is -4.41. The number of halogens is 3. The summed E-state index contributed by atoms with van der Waals surface area (Å²) in [6, 6.07) is 22.5. The predicted molar refractivity (Wildman–Crippen MR) is 149 cm³/mol. The molecule has 0 bridgehead atoms. The van der Waals surface area contributed by atoms with Gasteiger partial charge in [-0.2, -0.15) is 13.2 Å². The highest BCUT2D eigenvalue weighted by atomic mass is 19.4. The van der Waals surface area contributed by atoms with Crippen molar-refractivity contribution in [1.82, 2.24) is 14.5 Å². The second kappa shape index (κ2) is 10.8. The third-order valence-corrected chi connectivity index (χ3v) is 8.12. The summed E-state index contributed by atoms with van der Waals surface area (Å²) in [6.07, 6.45) is -2.41. The third-order valence-electron chi connectivity index (χ3n) is 8.12. The Labute approximate surface area is 235 Å². The molecule has 2 N–H and O–H groups in total. The molecule has 1 aliphatic rings. The summed E-state index contributed by atoms with van der Waals surface area (Å²) in [5.41, 5.74) is 2.41. The smallest absolute Gasteiger partial charge is 0.416 e. The molecule has 1 aliphatic carbocycles. The van der Waals surface area contributed by atoms with Crippen LogP contribution in [0.3, 0.4) is 0 Å². The number of ether oxygens (including phenoxy) is 1. The first-order chi connectivity index (χ1) is 19.7. The first-order valence-electron chi connectivity index (χ1n) is 13.7. The van der Waals surface area contributed by atoms with Gasteiger partial charge >= 0.3 is 6.18 Å². The summed E-state index contributed by atoms with van der Waals surface area (Å²) in [7, 11) is 0. The Morgan fingerprint density at radius 3 is 2.37 bits per heavy atom. The lowest BCUT2D eigenvalue weighted by Crippen LogP contribution is -2.35. The number of benzene rings is 3. The van der Waals surface area contributed by atoms with Crippen molar-refractivity contribution in [1.29, 1.82) is 0 Å². The first kappa shape index (κ1) is 27.2. The zero-order valence-electron chi connectivity index (χ0n) is 22.3. The normalized spacial score (nSPS) is 15.3. The van der Waals surface area contributed by atoms with E-state index in [0.717, 1.165) is 47.1 Å². The molecule has 2 heterocycles. The number of para-hydroxylation sites is 1. The van der Waals surface area contributed by atoms with Gasteiger partial charge in [0.15, 0.2) is 6.29 Å². The number of aromatic nitrogens is 3. The molecular weight excluding hydrogens is 531 g/mol. The van der Waals surface area contributed by atoms with Crippen molar-refractivity contribution in [2.75, 3.05) is 0 Å². The zero-order valence-corrected chi connectivity index (χ0v) is 22.3. The number of nitrogens with zero attached hydrogens (tertiary/aromatic N) is 3. The zero-order chi connectivity index (χ0) is 28.6. The van der Waals surface area contributed by atoms with E-state index in [2.05, 4.69) is 4.98 Å². The second-order valence-corrected chi connectivity index (χ2v) is 10.9. The van der Waals surface area contributed by atoms with Crippen LogP contribution in [0.4, 0.5) is 13.2 Å². The van der Waals surface area contributed by atoms with Crippen LogP contribution in [0.5, 0.6) is 5.75 Å². The molecule has 5 aromatic rings. The van der Waals surface area contributed by atoms with Crippen molar-refractivity contribution in [3.8, 4) is 5.75 Å². The molecule has 0 aliphatic heterocycles. The van der Waals surface area contributed by atoms with Crippen molar-refractivity contribution in [2.24, 2.45) is 5.41 Å². The lowest BCUT2D eigenvalue weighted by atomic mass is 9.81. The second-order valence-electron chi connectivity index (χ2n) is 10.9. The number of aliphatic hydroxyl groups excluding tert-OH is 1. The standard InChI is InChI=1S/C32H30F3N3O3/c33-32(34,35)23-10-7-21(8-11-23)19-38-28-14-13-25(41-20-24-12-9-22-5-1-2-6-26(22)36-24)17-27(28)37-29(38)18-31(30(39)40)15-3-4-16-31/h1-2,5-14,17,30,39-40H,3-4,15-16,18-20H2. The fourth-order valence-corrected chi connectivity index (χ4v) is 5.81. The van der Waals surface area contributed by atoms with E-state index in [0.29, 0.717) is 48.5 Å². The summed E-state index contributed by atoms with van der Waals surface area (Å²) in [5, 5.41) is 21.7. The molecule has 0 atom stereocenters. The highest BCUT2D eigenvalue weighted by Gasteiger charge is 2.41.